The molecular formula is C10H15N3O2. The molecule has 15 heavy (non-hydrogen) atoms. The Labute approximate surface area is 88.2 Å². The van der Waals surface area contributed by atoms with Gasteiger partial charge in [0, 0.05) is 5.92 Å². The van der Waals surface area contributed by atoms with E-state index in [4.69, 9.17) is 4.52 Å². The SMILES string of the molecule is Cc1noc(C(C)NC(=O)C2CCC2)n1. The minimum absolute atomic E-state index is 0.101. The second-order valence-electron chi connectivity index (χ2n) is 4.04. The number of carbonyl (C=O) groups excluding carboxylic acids is 1. The van der Waals surface area contributed by atoms with Crippen LogP contribution in [0.2, 0.25) is 0 Å². The van der Waals surface area contributed by atoms with Crippen molar-refractivity contribution < 1.29 is 9.32 Å². The number of nitrogens with one attached hydrogen (secondary N) is 1. The summed E-state index contributed by atoms with van der Waals surface area (Å²) in [4.78, 5) is 15.7. The zero-order valence-corrected chi connectivity index (χ0v) is 8.99. The van der Waals surface area contributed by atoms with Crippen molar-refractivity contribution in [2.75, 3.05) is 0 Å². The van der Waals surface area contributed by atoms with Crippen LogP contribution in [0, 0.1) is 12.8 Å². The van der Waals surface area contributed by atoms with Gasteiger partial charge in [-0.15, -0.1) is 0 Å². The van der Waals surface area contributed by atoms with E-state index in [9.17, 15) is 4.79 Å². The number of hydrogen-bond acceptors (Lipinski definition) is 4. The van der Waals surface area contributed by atoms with Crippen LogP contribution in [0.15, 0.2) is 4.52 Å². The molecule has 1 atom stereocenters. The lowest BCUT2D eigenvalue weighted by molar-refractivity contribution is -0.128. The van der Waals surface area contributed by atoms with Crippen LogP contribution in [0.3, 0.4) is 0 Å². The van der Waals surface area contributed by atoms with Crippen molar-refractivity contribution in [2.45, 2.75) is 39.2 Å². The normalized spacial score (nSPS) is 18.3. The first-order valence-electron chi connectivity index (χ1n) is 5.27. The first-order valence-corrected chi connectivity index (χ1v) is 5.27. The van der Waals surface area contributed by atoms with Crippen molar-refractivity contribution in [3.63, 3.8) is 0 Å². The Kier molecular flexibility index (Phi) is 2.70. The van der Waals surface area contributed by atoms with Crippen molar-refractivity contribution in [3.05, 3.63) is 11.7 Å². The molecule has 0 saturated heterocycles. The second-order valence-corrected chi connectivity index (χ2v) is 4.04. The zero-order chi connectivity index (χ0) is 10.8. The Balaban J connectivity index is 1.91. The highest BCUT2D eigenvalue weighted by Gasteiger charge is 2.27. The Morgan fingerprint density at radius 3 is 2.80 bits per heavy atom. The highest BCUT2D eigenvalue weighted by atomic mass is 16.5. The maximum absolute atomic E-state index is 11.6. The minimum Gasteiger partial charge on any atom is -0.344 e. The highest BCUT2D eigenvalue weighted by Crippen LogP contribution is 2.27. The van der Waals surface area contributed by atoms with Gasteiger partial charge in [0.15, 0.2) is 5.82 Å². The Morgan fingerprint density at radius 1 is 1.60 bits per heavy atom. The van der Waals surface area contributed by atoms with Crippen LogP contribution >= 0.6 is 0 Å². The Morgan fingerprint density at radius 2 is 2.33 bits per heavy atom. The number of nitrogens with zero attached hydrogens (tertiary/aromatic N) is 2. The van der Waals surface area contributed by atoms with Crippen molar-refractivity contribution in [1.82, 2.24) is 15.5 Å². The third-order valence-corrected chi connectivity index (χ3v) is 2.75. The summed E-state index contributed by atoms with van der Waals surface area (Å²) in [5.74, 6) is 1.36. The molecule has 0 radical (unpaired) electrons. The molecule has 2 rings (SSSR count). The molecule has 1 aromatic heterocycles. The number of carbonyl (C=O) groups is 1. The van der Waals surface area contributed by atoms with Crippen LogP contribution < -0.4 is 5.32 Å². The number of hydrogen-bond donors (Lipinski definition) is 1. The fourth-order valence-electron chi connectivity index (χ4n) is 1.55. The average molecular weight is 209 g/mol. The van der Waals surface area contributed by atoms with E-state index >= 15 is 0 Å². The summed E-state index contributed by atoms with van der Waals surface area (Å²) in [5.41, 5.74) is 0. The zero-order valence-electron chi connectivity index (χ0n) is 8.99. The van der Waals surface area contributed by atoms with Gasteiger partial charge in [0.1, 0.15) is 6.04 Å². The van der Waals surface area contributed by atoms with Gasteiger partial charge in [0.05, 0.1) is 0 Å². The van der Waals surface area contributed by atoms with Crippen LogP contribution in [0.4, 0.5) is 0 Å². The molecule has 1 aliphatic carbocycles. The van der Waals surface area contributed by atoms with Gasteiger partial charge >= 0.3 is 0 Å². The number of amides is 1. The van der Waals surface area contributed by atoms with Gasteiger partial charge in [0.25, 0.3) is 0 Å². The van der Waals surface area contributed by atoms with Crippen molar-refractivity contribution in [2.24, 2.45) is 5.92 Å². The molecule has 1 fully saturated rings. The number of rotatable bonds is 3. The summed E-state index contributed by atoms with van der Waals surface area (Å²) < 4.78 is 4.98. The van der Waals surface area contributed by atoms with Gasteiger partial charge in [-0.25, -0.2) is 0 Å². The predicted molar refractivity (Wildman–Crippen MR) is 52.9 cm³/mol. The molecule has 1 saturated carbocycles. The molecule has 0 aliphatic heterocycles. The molecule has 5 heteroatoms. The fraction of sp³-hybridized carbons (Fsp3) is 0.700. The lowest BCUT2D eigenvalue weighted by atomic mass is 9.84. The number of aryl methyl sites for hydroxylation is 1. The Bertz CT molecular complexity index is 357. The lowest BCUT2D eigenvalue weighted by Crippen LogP contribution is -2.36. The third kappa shape index (κ3) is 2.16. The summed E-state index contributed by atoms with van der Waals surface area (Å²) in [6.07, 6.45) is 3.16. The minimum atomic E-state index is -0.195. The topological polar surface area (TPSA) is 68.0 Å². The monoisotopic (exact) mass is 209 g/mol. The highest BCUT2D eigenvalue weighted by molar-refractivity contribution is 5.79. The third-order valence-electron chi connectivity index (χ3n) is 2.75. The van der Waals surface area contributed by atoms with Gasteiger partial charge in [-0.2, -0.15) is 4.98 Å². The van der Waals surface area contributed by atoms with E-state index in [-0.39, 0.29) is 17.9 Å². The van der Waals surface area contributed by atoms with Crippen molar-refractivity contribution in [3.8, 4) is 0 Å². The smallest absolute Gasteiger partial charge is 0.248 e. The van der Waals surface area contributed by atoms with Gasteiger partial charge in [-0.1, -0.05) is 11.6 Å². The molecule has 1 heterocycles. The molecular weight excluding hydrogens is 194 g/mol. The molecule has 82 valence electrons. The number of aromatic nitrogens is 2. The van der Waals surface area contributed by atoms with E-state index in [1.54, 1.807) is 6.92 Å². The molecule has 1 N–H and O–H groups in total. The van der Waals surface area contributed by atoms with Gasteiger partial charge in [0.2, 0.25) is 11.8 Å². The Hall–Kier alpha value is -1.39. The lowest BCUT2D eigenvalue weighted by Gasteiger charge is -2.25. The molecule has 1 unspecified atom stereocenters. The van der Waals surface area contributed by atoms with Gasteiger partial charge in [-0.3, -0.25) is 4.79 Å². The maximum atomic E-state index is 11.6. The summed E-state index contributed by atoms with van der Waals surface area (Å²) in [5, 5.41) is 6.56. The average Bonchev–Trinajstić information content (AvgIpc) is 2.48. The molecule has 5 nitrogen and oxygen atoms in total. The summed E-state index contributed by atoms with van der Waals surface area (Å²) in [6, 6.07) is -0.195. The van der Waals surface area contributed by atoms with E-state index in [2.05, 4.69) is 15.5 Å². The van der Waals surface area contributed by atoms with Gasteiger partial charge < -0.3 is 9.84 Å². The standard InChI is InChI=1S/C10H15N3O2/c1-6(10-12-7(2)13-15-10)11-9(14)8-4-3-5-8/h6,8H,3-5H2,1-2H3,(H,11,14). The molecule has 0 bridgehead atoms. The largest absolute Gasteiger partial charge is 0.344 e. The summed E-state index contributed by atoms with van der Waals surface area (Å²) >= 11 is 0. The van der Waals surface area contributed by atoms with E-state index in [1.165, 1.54) is 0 Å². The van der Waals surface area contributed by atoms with Crippen LogP contribution in [0.25, 0.3) is 0 Å². The van der Waals surface area contributed by atoms with E-state index in [1.807, 2.05) is 6.92 Å². The summed E-state index contributed by atoms with van der Waals surface area (Å²) in [6.45, 7) is 3.61. The second kappa shape index (κ2) is 4.00. The van der Waals surface area contributed by atoms with E-state index in [0.717, 1.165) is 19.3 Å². The van der Waals surface area contributed by atoms with Crippen LogP contribution in [0.1, 0.15) is 43.9 Å². The quantitative estimate of drug-likeness (QED) is 0.816. The van der Waals surface area contributed by atoms with Gasteiger partial charge in [-0.05, 0) is 26.7 Å². The van der Waals surface area contributed by atoms with E-state index in [0.29, 0.717) is 11.7 Å². The van der Waals surface area contributed by atoms with Crippen LogP contribution in [-0.2, 0) is 4.79 Å². The molecule has 0 spiro atoms. The van der Waals surface area contributed by atoms with E-state index < -0.39 is 0 Å². The predicted octanol–water partition coefficient (Wildman–Crippen LogP) is 1.36. The van der Waals surface area contributed by atoms with Crippen molar-refractivity contribution >= 4 is 5.91 Å². The fourth-order valence-corrected chi connectivity index (χ4v) is 1.55. The first kappa shape index (κ1) is 10.1. The molecule has 1 amide bonds. The molecule has 1 aromatic rings. The van der Waals surface area contributed by atoms with Crippen LogP contribution in [0.5, 0.6) is 0 Å². The first-order chi connectivity index (χ1) is 7.16. The molecule has 1 aliphatic rings. The molecule has 0 aromatic carbocycles. The maximum Gasteiger partial charge on any atom is 0.248 e. The van der Waals surface area contributed by atoms with Crippen molar-refractivity contribution in [1.29, 1.82) is 0 Å². The van der Waals surface area contributed by atoms with Crippen LogP contribution in [-0.4, -0.2) is 16.0 Å². The summed E-state index contributed by atoms with van der Waals surface area (Å²) in [7, 11) is 0.